The van der Waals surface area contributed by atoms with E-state index in [4.69, 9.17) is 4.52 Å². The van der Waals surface area contributed by atoms with Gasteiger partial charge in [0.1, 0.15) is 29.5 Å². The Morgan fingerprint density at radius 3 is 2.50 bits per heavy atom. The Bertz CT molecular complexity index is 953. The maximum absolute atomic E-state index is 12.7. The summed E-state index contributed by atoms with van der Waals surface area (Å²) in [5, 5.41) is 3.93. The second kappa shape index (κ2) is 7.41. The van der Waals surface area contributed by atoms with Crippen LogP contribution in [0.15, 0.2) is 29.3 Å². The van der Waals surface area contributed by atoms with Crippen LogP contribution >= 0.6 is 0 Å². The van der Waals surface area contributed by atoms with E-state index in [0.717, 1.165) is 36.0 Å². The van der Waals surface area contributed by atoms with Crippen molar-refractivity contribution >= 4 is 11.7 Å². The molecule has 4 rings (SSSR count). The molecule has 1 amide bonds. The quantitative estimate of drug-likeness (QED) is 0.675. The summed E-state index contributed by atoms with van der Waals surface area (Å²) in [6, 6.07) is 1.95. The Labute approximate surface area is 163 Å². The van der Waals surface area contributed by atoms with Gasteiger partial charge in [0.2, 0.25) is 5.91 Å². The van der Waals surface area contributed by atoms with E-state index in [0.29, 0.717) is 31.1 Å². The van der Waals surface area contributed by atoms with E-state index in [2.05, 4.69) is 25.0 Å². The first-order valence-corrected chi connectivity index (χ1v) is 9.30. The molecule has 0 aliphatic carbocycles. The van der Waals surface area contributed by atoms with Crippen molar-refractivity contribution in [1.29, 1.82) is 0 Å². The molecular weight excluding hydrogens is 358 g/mol. The molecule has 146 valence electrons. The van der Waals surface area contributed by atoms with Crippen LogP contribution in [0.4, 0.5) is 5.82 Å². The molecule has 1 aliphatic heterocycles. The lowest BCUT2D eigenvalue weighted by Gasteiger charge is -2.35. The predicted molar refractivity (Wildman–Crippen MR) is 102 cm³/mol. The van der Waals surface area contributed by atoms with Gasteiger partial charge in [-0.25, -0.2) is 15.0 Å². The highest BCUT2D eigenvalue weighted by molar-refractivity contribution is 5.79. The predicted octanol–water partition coefficient (Wildman–Crippen LogP) is 1.47. The van der Waals surface area contributed by atoms with E-state index in [1.165, 1.54) is 0 Å². The van der Waals surface area contributed by atoms with Crippen molar-refractivity contribution in [2.45, 2.75) is 27.2 Å². The molecule has 3 aromatic rings. The van der Waals surface area contributed by atoms with Gasteiger partial charge >= 0.3 is 0 Å². The van der Waals surface area contributed by atoms with Gasteiger partial charge in [0.05, 0.1) is 12.1 Å². The molecule has 0 N–H and O–H groups in total. The van der Waals surface area contributed by atoms with Crippen molar-refractivity contribution in [2.75, 3.05) is 31.1 Å². The van der Waals surface area contributed by atoms with Gasteiger partial charge in [-0.15, -0.1) is 0 Å². The topological polar surface area (TPSA) is 93.2 Å². The third kappa shape index (κ3) is 3.60. The zero-order chi connectivity index (χ0) is 19.7. The van der Waals surface area contributed by atoms with Crippen molar-refractivity contribution in [2.24, 2.45) is 0 Å². The van der Waals surface area contributed by atoms with Crippen molar-refractivity contribution in [1.82, 2.24) is 29.6 Å². The van der Waals surface area contributed by atoms with Crippen LogP contribution in [0.1, 0.15) is 22.8 Å². The maximum Gasteiger partial charge on any atom is 0.227 e. The van der Waals surface area contributed by atoms with Gasteiger partial charge in [-0.2, -0.15) is 0 Å². The van der Waals surface area contributed by atoms with E-state index in [9.17, 15) is 4.79 Å². The zero-order valence-electron chi connectivity index (χ0n) is 16.3. The monoisotopic (exact) mass is 381 g/mol. The summed E-state index contributed by atoms with van der Waals surface area (Å²) in [4.78, 5) is 29.9. The molecule has 0 saturated carbocycles. The molecule has 4 heterocycles. The van der Waals surface area contributed by atoms with Crippen molar-refractivity contribution in [3.8, 4) is 5.82 Å². The minimum Gasteiger partial charge on any atom is -0.361 e. The van der Waals surface area contributed by atoms with Gasteiger partial charge in [-0.05, 0) is 20.8 Å². The van der Waals surface area contributed by atoms with Crippen molar-refractivity contribution in [3.63, 3.8) is 0 Å². The highest BCUT2D eigenvalue weighted by Gasteiger charge is 2.24. The maximum atomic E-state index is 12.7. The summed E-state index contributed by atoms with van der Waals surface area (Å²) >= 11 is 0. The highest BCUT2D eigenvalue weighted by Crippen LogP contribution is 2.19. The lowest BCUT2D eigenvalue weighted by molar-refractivity contribution is -0.130. The molecule has 0 spiro atoms. The number of nitrogens with zero attached hydrogens (tertiary/aromatic N) is 7. The van der Waals surface area contributed by atoms with Gasteiger partial charge in [-0.3, -0.25) is 9.36 Å². The second-order valence-electron chi connectivity index (χ2n) is 6.95. The van der Waals surface area contributed by atoms with Gasteiger partial charge < -0.3 is 14.3 Å². The van der Waals surface area contributed by atoms with Gasteiger partial charge in [-0.1, -0.05) is 5.16 Å². The minimum atomic E-state index is 0.104. The summed E-state index contributed by atoms with van der Waals surface area (Å²) in [5.74, 6) is 3.18. The summed E-state index contributed by atoms with van der Waals surface area (Å²) < 4.78 is 7.02. The van der Waals surface area contributed by atoms with Crippen molar-refractivity contribution < 1.29 is 9.32 Å². The number of hydrogen-bond acceptors (Lipinski definition) is 7. The van der Waals surface area contributed by atoms with Crippen molar-refractivity contribution in [3.05, 3.63) is 47.6 Å². The Kier molecular flexibility index (Phi) is 4.81. The Hall–Kier alpha value is -3.23. The molecule has 3 aromatic heterocycles. The van der Waals surface area contributed by atoms with E-state index in [-0.39, 0.29) is 5.91 Å². The number of anilines is 1. The van der Waals surface area contributed by atoms with Crippen LogP contribution < -0.4 is 4.90 Å². The second-order valence-corrected chi connectivity index (χ2v) is 6.95. The number of carbonyl (C=O) groups is 1. The van der Waals surface area contributed by atoms with Crippen LogP contribution in [-0.2, 0) is 11.2 Å². The molecule has 0 radical (unpaired) electrons. The number of aryl methyl sites for hydroxylation is 3. The van der Waals surface area contributed by atoms with E-state index in [1.807, 2.05) is 42.5 Å². The van der Waals surface area contributed by atoms with Gasteiger partial charge in [0.15, 0.2) is 0 Å². The van der Waals surface area contributed by atoms with Gasteiger partial charge in [0, 0.05) is 50.2 Å². The summed E-state index contributed by atoms with van der Waals surface area (Å²) in [7, 11) is 0. The molecule has 0 aromatic carbocycles. The van der Waals surface area contributed by atoms with Crippen LogP contribution in [-0.4, -0.2) is 61.7 Å². The third-order valence-electron chi connectivity index (χ3n) is 5.05. The number of aromatic nitrogens is 5. The number of amides is 1. The van der Waals surface area contributed by atoms with Crippen LogP contribution in [0.3, 0.4) is 0 Å². The normalized spacial score (nSPS) is 14.5. The van der Waals surface area contributed by atoms with Crippen LogP contribution in [0, 0.1) is 20.8 Å². The molecule has 1 aliphatic rings. The fraction of sp³-hybridized carbons (Fsp3) is 0.421. The molecule has 9 nitrogen and oxygen atoms in total. The van der Waals surface area contributed by atoms with Crippen LogP contribution in [0.5, 0.6) is 0 Å². The highest BCUT2D eigenvalue weighted by atomic mass is 16.5. The Balaban J connectivity index is 1.42. The van der Waals surface area contributed by atoms with Gasteiger partial charge in [0.25, 0.3) is 0 Å². The molecule has 0 atom stereocenters. The number of imidazole rings is 1. The smallest absolute Gasteiger partial charge is 0.227 e. The molecule has 9 heteroatoms. The SMILES string of the molecule is Cc1nc(N2CCN(C(=O)Cc3c(C)noc3C)CC2)cc(-n2ccnc2)n1. The summed E-state index contributed by atoms with van der Waals surface area (Å²) in [6.07, 6.45) is 5.63. The molecule has 28 heavy (non-hydrogen) atoms. The largest absolute Gasteiger partial charge is 0.361 e. The lowest BCUT2D eigenvalue weighted by atomic mass is 10.1. The Morgan fingerprint density at radius 1 is 1.11 bits per heavy atom. The fourth-order valence-corrected chi connectivity index (χ4v) is 3.43. The Morgan fingerprint density at radius 2 is 1.86 bits per heavy atom. The minimum absolute atomic E-state index is 0.104. The van der Waals surface area contributed by atoms with Crippen LogP contribution in [0.25, 0.3) is 5.82 Å². The molecular formula is C19H23N7O2. The number of rotatable bonds is 4. The number of piperazine rings is 1. The van der Waals surface area contributed by atoms with E-state index < -0.39 is 0 Å². The first kappa shape index (κ1) is 18.1. The third-order valence-corrected chi connectivity index (χ3v) is 5.05. The molecule has 0 unspecified atom stereocenters. The summed E-state index contributed by atoms with van der Waals surface area (Å²) in [6.45, 7) is 8.37. The average molecular weight is 381 g/mol. The first-order valence-electron chi connectivity index (χ1n) is 9.30. The lowest BCUT2D eigenvalue weighted by Crippen LogP contribution is -2.49. The standard InChI is InChI=1S/C19H23N7O2/c1-13-16(14(2)28-23-13)10-19(27)25-8-6-24(7-9-25)17-11-18(22-15(3)21-17)26-5-4-20-12-26/h4-5,11-12H,6-10H2,1-3H3. The zero-order valence-corrected chi connectivity index (χ0v) is 16.3. The van der Waals surface area contributed by atoms with E-state index in [1.54, 1.807) is 12.5 Å². The summed E-state index contributed by atoms with van der Waals surface area (Å²) in [5.41, 5.74) is 1.68. The molecule has 1 saturated heterocycles. The molecule has 0 bridgehead atoms. The number of hydrogen-bond donors (Lipinski definition) is 0. The number of carbonyl (C=O) groups excluding carboxylic acids is 1. The fourth-order valence-electron chi connectivity index (χ4n) is 3.43. The first-order chi connectivity index (χ1) is 13.5. The van der Waals surface area contributed by atoms with Crippen LogP contribution in [0.2, 0.25) is 0 Å². The molecule has 1 fully saturated rings. The average Bonchev–Trinajstić information content (AvgIpc) is 3.34. The van der Waals surface area contributed by atoms with E-state index >= 15 is 0 Å².